The molecule has 0 fully saturated rings. The lowest BCUT2D eigenvalue weighted by molar-refractivity contribution is -0.145. The Morgan fingerprint density at radius 2 is 2.00 bits per heavy atom. The van der Waals surface area contributed by atoms with Crippen molar-refractivity contribution >= 4 is 28.6 Å². The van der Waals surface area contributed by atoms with E-state index in [0.717, 1.165) is 25.7 Å². The number of aliphatic carboxylic acids is 1. The van der Waals surface area contributed by atoms with Gasteiger partial charge in [-0.3, -0.25) is 4.79 Å². The van der Waals surface area contributed by atoms with E-state index in [2.05, 4.69) is 6.92 Å². The van der Waals surface area contributed by atoms with Crippen molar-refractivity contribution in [3.63, 3.8) is 0 Å². The minimum atomic E-state index is -0.870. The number of hydrogen-bond acceptors (Lipinski definition) is 2. The summed E-state index contributed by atoms with van der Waals surface area (Å²) < 4.78 is 0.489. The normalized spacial score (nSPS) is 15.1. The van der Waals surface area contributed by atoms with Crippen LogP contribution >= 0.6 is 22.6 Å². The number of rotatable bonds is 8. The Morgan fingerprint density at radius 3 is 2.43 bits per heavy atom. The number of carboxylic acid groups (broad SMARTS) is 1. The largest absolute Gasteiger partial charge is 0.481 e. The summed E-state index contributed by atoms with van der Waals surface area (Å²) in [6.45, 7) is 2.12. The fourth-order valence-electron chi connectivity index (χ4n) is 1.38. The minimum Gasteiger partial charge on any atom is -0.481 e. The van der Waals surface area contributed by atoms with Crippen LogP contribution in [-0.4, -0.2) is 26.7 Å². The van der Waals surface area contributed by atoms with Crippen molar-refractivity contribution in [1.82, 2.24) is 0 Å². The lowest BCUT2D eigenvalue weighted by Crippen LogP contribution is -2.29. The maximum Gasteiger partial charge on any atom is 0.309 e. The fourth-order valence-corrected chi connectivity index (χ4v) is 1.99. The second-order valence-corrected chi connectivity index (χ2v) is 4.40. The van der Waals surface area contributed by atoms with E-state index >= 15 is 0 Å². The molecule has 0 aliphatic rings. The van der Waals surface area contributed by atoms with Gasteiger partial charge in [-0.2, -0.15) is 0 Å². The average Bonchev–Trinajstić information content (AvgIpc) is 2.16. The zero-order chi connectivity index (χ0) is 11.0. The van der Waals surface area contributed by atoms with E-state index in [-0.39, 0.29) is 0 Å². The summed E-state index contributed by atoms with van der Waals surface area (Å²) in [4.78, 5) is 10.8. The Kier molecular flexibility index (Phi) is 8.56. The van der Waals surface area contributed by atoms with E-state index in [9.17, 15) is 9.90 Å². The minimum absolute atomic E-state index is 0.489. The van der Waals surface area contributed by atoms with Gasteiger partial charge in [0.2, 0.25) is 0 Å². The first-order valence-corrected chi connectivity index (χ1v) is 6.62. The molecule has 0 aliphatic heterocycles. The van der Waals surface area contributed by atoms with Crippen LogP contribution in [0.4, 0.5) is 0 Å². The summed E-state index contributed by atoms with van der Waals surface area (Å²) in [5.74, 6) is -1.45. The first-order valence-electron chi connectivity index (χ1n) is 5.10. The van der Waals surface area contributed by atoms with Crippen LogP contribution < -0.4 is 0 Å². The van der Waals surface area contributed by atoms with Crippen LogP contribution in [-0.2, 0) is 4.79 Å². The van der Waals surface area contributed by atoms with Crippen molar-refractivity contribution in [2.24, 2.45) is 5.92 Å². The van der Waals surface area contributed by atoms with Crippen molar-refractivity contribution < 1.29 is 15.0 Å². The van der Waals surface area contributed by atoms with Crippen molar-refractivity contribution in [2.45, 2.75) is 45.1 Å². The van der Waals surface area contributed by atoms with Gasteiger partial charge in [-0.15, -0.1) is 0 Å². The smallest absolute Gasteiger partial charge is 0.309 e. The molecule has 14 heavy (non-hydrogen) atoms. The van der Waals surface area contributed by atoms with Gasteiger partial charge in [0.1, 0.15) is 0 Å². The second kappa shape index (κ2) is 8.47. The van der Waals surface area contributed by atoms with Gasteiger partial charge in [0.15, 0.2) is 0 Å². The van der Waals surface area contributed by atoms with Gasteiger partial charge in [0.25, 0.3) is 0 Å². The maximum atomic E-state index is 10.8. The highest BCUT2D eigenvalue weighted by molar-refractivity contribution is 14.1. The molecule has 0 aromatic carbocycles. The molecule has 0 amide bonds. The molecule has 0 rings (SSSR count). The van der Waals surface area contributed by atoms with Crippen molar-refractivity contribution in [3.8, 4) is 0 Å². The number of aliphatic hydroxyl groups excluding tert-OH is 1. The van der Waals surface area contributed by atoms with Gasteiger partial charge in [0, 0.05) is 4.43 Å². The molecule has 0 aliphatic carbocycles. The summed E-state index contributed by atoms with van der Waals surface area (Å²) in [7, 11) is 0. The number of aliphatic hydroxyl groups is 1. The van der Waals surface area contributed by atoms with E-state index in [1.165, 1.54) is 0 Å². The molecule has 2 atom stereocenters. The number of halogens is 1. The predicted octanol–water partition coefficient (Wildman–Crippen LogP) is 2.45. The van der Waals surface area contributed by atoms with Crippen LogP contribution in [0.1, 0.15) is 39.0 Å². The van der Waals surface area contributed by atoms with Crippen LogP contribution in [0.2, 0.25) is 0 Å². The molecule has 2 N–H and O–H groups in total. The molecule has 0 aromatic rings. The molecule has 3 nitrogen and oxygen atoms in total. The van der Waals surface area contributed by atoms with Crippen LogP contribution in [0.5, 0.6) is 0 Å². The third-order valence-electron chi connectivity index (χ3n) is 2.31. The van der Waals surface area contributed by atoms with Crippen molar-refractivity contribution in [3.05, 3.63) is 0 Å². The number of carboxylic acids is 1. The van der Waals surface area contributed by atoms with E-state index in [4.69, 9.17) is 5.11 Å². The van der Waals surface area contributed by atoms with Gasteiger partial charge in [0.05, 0.1) is 12.0 Å². The summed E-state index contributed by atoms with van der Waals surface area (Å²) in [6, 6.07) is 0. The highest BCUT2D eigenvalue weighted by Gasteiger charge is 2.24. The molecular weight excluding hydrogens is 295 g/mol. The van der Waals surface area contributed by atoms with Gasteiger partial charge >= 0.3 is 5.97 Å². The number of carbonyl (C=O) groups is 1. The fraction of sp³-hybridized carbons (Fsp3) is 0.900. The molecule has 1 unspecified atom stereocenters. The van der Waals surface area contributed by atoms with Gasteiger partial charge in [-0.1, -0.05) is 55.2 Å². The zero-order valence-corrected chi connectivity index (χ0v) is 10.7. The average molecular weight is 314 g/mol. The highest BCUT2D eigenvalue weighted by atomic mass is 127. The Morgan fingerprint density at radius 1 is 1.36 bits per heavy atom. The third-order valence-corrected chi connectivity index (χ3v) is 3.21. The lowest BCUT2D eigenvalue weighted by atomic mass is 9.96. The summed E-state index contributed by atoms with van der Waals surface area (Å²) in [5.41, 5.74) is 0. The van der Waals surface area contributed by atoms with Crippen LogP contribution in [0.15, 0.2) is 0 Å². The Hall–Kier alpha value is 0.160. The van der Waals surface area contributed by atoms with Crippen molar-refractivity contribution in [1.29, 1.82) is 0 Å². The van der Waals surface area contributed by atoms with E-state index in [1.807, 2.05) is 22.6 Å². The van der Waals surface area contributed by atoms with Crippen LogP contribution in [0.3, 0.4) is 0 Å². The second-order valence-electron chi connectivity index (χ2n) is 3.52. The topological polar surface area (TPSA) is 57.5 Å². The highest BCUT2D eigenvalue weighted by Crippen LogP contribution is 2.16. The molecule has 0 bridgehead atoms. The number of unbranched alkanes of at least 4 members (excludes halogenated alkanes) is 3. The number of hydrogen-bond donors (Lipinski definition) is 2. The molecule has 0 radical (unpaired) electrons. The molecule has 0 spiro atoms. The van der Waals surface area contributed by atoms with E-state index in [0.29, 0.717) is 10.8 Å². The molecule has 0 heterocycles. The first kappa shape index (κ1) is 14.2. The summed E-state index contributed by atoms with van der Waals surface area (Å²) in [5, 5.41) is 18.3. The first-order chi connectivity index (χ1) is 6.63. The molecular formula is C10H19IO3. The van der Waals surface area contributed by atoms with E-state index in [1.54, 1.807) is 0 Å². The molecule has 4 heteroatoms. The quantitative estimate of drug-likeness (QED) is 0.411. The maximum absolute atomic E-state index is 10.8. The summed E-state index contributed by atoms with van der Waals surface area (Å²) in [6.07, 6.45) is 4.15. The lowest BCUT2D eigenvalue weighted by Gasteiger charge is -2.16. The SMILES string of the molecule is CCCCCCC(C(=O)O)[C@@H](O)CI. The predicted molar refractivity (Wildman–Crippen MR) is 64.8 cm³/mol. The monoisotopic (exact) mass is 314 g/mol. The van der Waals surface area contributed by atoms with Gasteiger partial charge in [-0.25, -0.2) is 0 Å². The van der Waals surface area contributed by atoms with Crippen LogP contribution in [0, 0.1) is 5.92 Å². The Labute approximate surface area is 99.0 Å². The summed E-state index contributed by atoms with van der Waals surface area (Å²) >= 11 is 2.02. The number of alkyl halides is 1. The standard InChI is InChI=1S/C10H19IO3/c1-2-3-4-5-6-8(10(13)14)9(12)7-11/h8-9,12H,2-7H2,1H3,(H,13,14)/t8?,9-/m0/s1. The van der Waals surface area contributed by atoms with Crippen LogP contribution in [0.25, 0.3) is 0 Å². The molecule has 0 aromatic heterocycles. The van der Waals surface area contributed by atoms with E-state index < -0.39 is 18.0 Å². The van der Waals surface area contributed by atoms with Crippen molar-refractivity contribution in [2.75, 3.05) is 4.43 Å². The van der Waals surface area contributed by atoms with Gasteiger partial charge in [-0.05, 0) is 6.42 Å². The van der Waals surface area contributed by atoms with Gasteiger partial charge < -0.3 is 10.2 Å². The Balaban J connectivity index is 3.80. The molecule has 84 valence electrons. The molecule has 0 saturated carbocycles. The molecule has 0 saturated heterocycles. The third kappa shape index (κ3) is 5.80. The zero-order valence-electron chi connectivity index (χ0n) is 8.58. The Bertz CT molecular complexity index is 161.